The van der Waals surface area contributed by atoms with Crippen molar-refractivity contribution in [3.8, 4) is 0 Å². The Morgan fingerprint density at radius 3 is 2.54 bits per heavy atom. The van der Waals surface area contributed by atoms with E-state index < -0.39 is 0 Å². The Morgan fingerprint density at radius 2 is 1.75 bits per heavy atom. The smallest absolute Gasteiger partial charge is 0.237 e. The summed E-state index contributed by atoms with van der Waals surface area (Å²) >= 11 is 0. The van der Waals surface area contributed by atoms with E-state index in [-0.39, 0.29) is 11.9 Å². The summed E-state index contributed by atoms with van der Waals surface area (Å²) in [6, 6.07) is 10.3. The molecular formula is C23H31N3O2. The molecule has 0 bridgehead atoms. The van der Waals surface area contributed by atoms with Crippen LogP contribution < -0.4 is 0 Å². The maximum absolute atomic E-state index is 13.1. The van der Waals surface area contributed by atoms with Crippen LogP contribution in [0.2, 0.25) is 0 Å². The molecule has 3 heterocycles. The lowest BCUT2D eigenvalue weighted by Crippen LogP contribution is -2.44. The lowest BCUT2D eigenvalue weighted by Gasteiger charge is -2.35. The second-order valence-corrected chi connectivity index (χ2v) is 8.12. The van der Waals surface area contributed by atoms with E-state index in [1.807, 2.05) is 29.3 Å². The van der Waals surface area contributed by atoms with Gasteiger partial charge < -0.3 is 9.32 Å². The van der Waals surface area contributed by atoms with Crippen molar-refractivity contribution >= 4 is 5.91 Å². The van der Waals surface area contributed by atoms with Gasteiger partial charge >= 0.3 is 0 Å². The van der Waals surface area contributed by atoms with Crippen LogP contribution in [-0.2, 0) is 11.2 Å². The largest absolute Gasteiger partial charge is 0.443 e. The average Bonchev–Trinajstić information content (AvgIpc) is 3.04. The Labute approximate surface area is 167 Å². The molecule has 2 fully saturated rings. The first-order valence-electron chi connectivity index (χ1n) is 10.8. The number of rotatable bonds is 5. The van der Waals surface area contributed by atoms with Crippen LogP contribution in [0.1, 0.15) is 68.2 Å². The van der Waals surface area contributed by atoms with Crippen LogP contribution >= 0.6 is 0 Å². The van der Waals surface area contributed by atoms with Crippen LogP contribution in [0.15, 0.2) is 40.9 Å². The summed E-state index contributed by atoms with van der Waals surface area (Å²) in [5, 5.41) is 0. The molecule has 1 aromatic carbocycles. The van der Waals surface area contributed by atoms with Crippen LogP contribution in [-0.4, -0.2) is 46.9 Å². The molecule has 1 atom stereocenters. The minimum absolute atomic E-state index is 0.0160. The van der Waals surface area contributed by atoms with Gasteiger partial charge in [0.2, 0.25) is 11.8 Å². The quantitative estimate of drug-likeness (QED) is 0.779. The number of hydrogen-bond donors (Lipinski definition) is 0. The molecule has 0 N–H and O–H groups in total. The molecule has 0 aliphatic carbocycles. The molecule has 2 aliphatic heterocycles. The Bertz CT molecular complexity index is 750. The summed E-state index contributed by atoms with van der Waals surface area (Å²) in [6.45, 7) is 3.44. The maximum Gasteiger partial charge on any atom is 0.237 e. The van der Waals surface area contributed by atoms with E-state index in [1.165, 1.54) is 31.2 Å². The van der Waals surface area contributed by atoms with Gasteiger partial charge in [0.15, 0.2) is 0 Å². The van der Waals surface area contributed by atoms with Crippen LogP contribution in [0.25, 0.3) is 0 Å². The van der Waals surface area contributed by atoms with Crippen molar-refractivity contribution in [2.45, 2.75) is 57.4 Å². The fraction of sp³-hybridized carbons (Fsp3) is 0.565. The van der Waals surface area contributed by atoms with Crippen LogP contribution in [0.3, 0.4) is 0 Å². The fourth-order valence-corrected chi connectivity index (χ4v) is 4.42. The predicted octanol–water partition coefficient (Wildman–Crippen LogP) is 4.20. The van der Waals surface area contributed by atoms with Gasteiger partial charge in [-0.05, 0) is 50.8 Å². The summed E-state index contributed by atoms with van der Waals surface area (Å²) in [7, 11) is 0. The van der Waals surface area contributed by atoms with Gasteiger partial charge in [-0.2, -0.15) is 0 Å². The molecule has 1 aromatic heterocycles. The minimum Gasteiger partial charge on any atom is -0.443 e. The van der Waals surface area contributed by atoms with E-state index in [9.17, 15) is 4.79 Å². The summed E-state index contributed by atoms with van der Waals surface area (Å²) < 4.78 is 6.10. The van der Waals surface area contributed by atoms with Crippen molar-refractivity contribution in [1.29, 1.82) is 0 Å². The number of carbonyl (C=O) groups excluding carboxylic acids is 1. The van der Waals surface area contributed by atoms with Gasteiger partial charge in [-0.1, -0.05) is 43.2 Å². The highest BCUT2D eigenvalue weighted by Crippen LogP contribution is 2.31. The van der Waals surface area contributed by atoms with E-state index in [2.05, 4.69) is 22.0 Å². The maximum atomic E-state index is 13.1. The molecule has 150 valence electrons. The second-order valence-electron chi connectivity index (χ2n) is 8.12. The van der Waals surface area contributed by atoms with Crippen molar-refractivity contribution in [2.24, 2.45) is 0 Å². The minimum atomic E-state index is -0.0160. The Morgan fingerprint density at radius 1 is 1.00 bits per heavy atom. The molecule has 2 aliphatic rings. The first kappa shape index (κ1) is 19.2. The van der Waals surface area contributed by atoms with Gasteiger partial charge in [-0.25, -0.2) is 4.98 Å². The normalized spacial score (nSPS) is 21.4. The highest BCUT2D eigenvalue weighted by atomic mass is 16.4. The standard InChI is InChI=1S/C23H31N3O2/c27-22(18-25-13-7-1-2-8-14-25)26-15-9-6-12-21(26)23-24-17-20(28-23)16-19-10-4-3-5-11-19/h3-5,10-11,17,21H,1-2,6-9,12-16,18H2/t21-/m1/s1. The molecule has 0 unspecified atom stereocenters. The molecule has 2 saturated heterocycles. The number of benzene rings is 1. The van der Waals surface area contributed by atoms with Crippen molar-refractivity contribution < 1.29 is 9.21 Å². The monoisotopic (exact) mass is 381 g/mol. The Kier molecular flexibility index (Phi) is 6.42. The van der Waals surface area contributed by atoms with Crippen molar-refractivity contribution in [3.05, 3.63) is 53.7 Å². The third-order valence-electron chi connectivity index (χ3n) is 5.96. The summed E-state index contributed by atoms with van der Waals surface area (Å²) in [4.78, 5) is 22.0. The first-order valence-corrected chi connectivity index (χ1v) is 10.8. The van der Waals surface area contributed by atoms with Gasteiger partial charge in [-0.15, -0.1) is 0 Å². The van der Waals surface area contributed by atoms with Crippen molar-refractivity contribution in [2.75, 3.05) is 26.2 Å². The van der Waals surface area contributed by atoms with E-state index >= 15 is 0 Å². The molecule has 2 aromatic rings. The number of nitrogens with zero attached hydrogens (tertiary/aromatic N) is 3. The number of aromatic nitrogens is 1. The highest BCUT2D eigenvalue weighted by Gasteiger charge is 2.32. The van der Waals surface area contributed by atoms with Crippen molar-refractivity contribution in [1.82, 2.24) is 14.8 Å². The zero-order valence-electron chi connectivity index (χ0n) is 16.7. The second kappa shape index (κ2) is 9.37. The third kappa shape index (κ3) is 4.82. The van der Waals surface area contributed by atoms with Crippen LogP contribution in [0.5, 0.6) is 0 Å². The van der Waals surface area contributed by atoms with Gasteiger partial charge in [0.05, 0.1) is 12.7 Å². The van der Waals surface area contributed by atoms with Gasteiger partial charge in [-0.3, -0.25) is 9.69 Å². The number of carbonyl (C=O) groups is 1. The molecule has 0 radical (unpaired) electrons. The molecule has 5 heteroatoms. The number of likely N-dealkylation sites (tertiary alicyclic amines) is 2. The number of amides is 1. The zero-order valence-corrected chi connectivity index (χ0v) is 16.7. The number of hydrogen-bond acceptors (Lipinski definition) is 4. The van der Waals surface area contributed by atoms with E-state index in [0.29, 0.717) is 12.4 Å². The van der Waals surface area contributed by atoms with Crippen molar-refractivity contribution in [3.63, 3.8) is 0 Å². The summed E-state index contributed by atoms with van der Waals surface area (Å²) in [5.41, 5.74) is 1.21. The molecule has 1 amide bonds. The topological polar surface area (TPSA) is 49.6 Å². The lowest BCUT2D eigenvalue weighted by atomic mass is 10.0. The summed E-state index contributed by atoms with van der Waals surface area (Å²) in [6.07, 6.45) is 10.7. The van der Waals surface area contributed by atoms with Gasteiger partial charge in [0, 0.05) is 13.0 Å². The van der Waals surface area contributed by atoms with Crippen LogP contribution in [0, 0.1) is 0 Å². The average molecular weight is 382 g/mol. The molecule has 4 rings (SSSR count). The SMILES string of the molecule is O=C(CN1CCCCCC1)N1CCCC[C@@H]1c1ncc(Cc2ccccc2)o1. The highest BCUT2D eigenvalue weighted by molar-refractivity contribution is 5.78. The van der Waals surface area contributed by atoms with E-state index in [0.717, 1.165) is 51.1 Å². The molecule has 28 heavy (non-hydrogen) atoms. The Hall–Kier alpha value is -2.14. The van der Waals surface area contributed by atoms with Crippen LogP contribution in [0.4, 0.5) is 0 Å². The predicted molar refractivity (Wildman–Crippen MR) is 109 cm³/mol. The number of piperidine rings is 1. The molecule has 5 nitrogen and oxygen atoms in total. The lowest BCUT2D eigenvalue weighted by molar-refractivity contribution is -0.136. The van der Waals surface area contributed by atoms with E-state index in [4.69, 9.17) is 4.42 Å². The third-order valence-corrected chi connectivity index (χ3v) is 5.96. The van der Waals surface area contributed by atoms with Gasteiger partial charge in [0.25, 0.3) is 0 Å². The Balaban J connectivity index is 1.42. The zero-order chi connectivity index (χ0) is 19.2. The van der Waals surface area contributed by atoms with E-state index in [1.54, 1.807) is 0 Å². The van der Waals surface area contributed by atoms with Gasteiger partial charge in [0.1, 0.15) is 11.8 Å². The fourth-order valence-electron chi connectivity index (χ4n) is 4.42. The molecular weight excluding hydrogens is 350 g/mol. The number of oxazole rings is 1. The summed E-state index contributed by atoms with van der Waals surface area (Å²) in [5.74, 6) is 1.80. The molecule has 0 spiro atoms. The first-order chi connectivity index (χ1) is 13.8. The molecule has 0 saturated carbocycles.